The van der Waals surface area contributed by atoms with Crippen LogP contribution in [-0.4, -0.2) is 44.4 Å². The summed E-state index contributed by atoms with van der Waals surface area (Å²) in [4.78, 5) is 37.0. The Morgan fingerprint density at radius 2 is 1.82 bits per heavy atom. The van der Waals surface area contributed by atoms with E-state index in [4.69, 9.17) is 0 Å². The molecule has 0 spiro atoms. The summed E-state index contributed by atoms with van der Waals surface area (Å²) in [6.07, 6.45) is 6.77. The van der Waals surface area contributed by atoms with Crippen molar-refractivity contribution in [2.75, 3.05) is 6.54 Å². The molecule has 3 heterocycles. The van der Waals surface area contributed by atoms with Crippen molar-refractivity contribution in [1.29, 1.82) is 0 Å². The Morgan fingerprint density at radius 1 is 1.05 bits per heavy atom. The first kappa shape index (κ1) is 27.4. The Hall–Kier alpha value is -3.62. The number of halogens is 3. The molecule has 4 rings (SSSR count). The number of allylic oxidation sites excluding steroid dienone is 1. The van der Waals surface area contributed by atoms with E-state index in [1.54, 1.807) is 16.8 Å². The number of aromatic nitrogens is 3. The molecule has 0 unspecified atom stereocenters. The molecule has 0 N–H and O–H groups in total. The lowest BCUT2D eigenvalue weighted by Gasteiger charge is -2.11. The summed E-state index contributed by atoms with van der Waals surface area (Å²) in [5.41, 5.74) is 2.97. The molecule has 200 valence electrons. The minimum atomic E-state index is -4.54. The molecule has 0 radical (unpaired) electrons. The second kappa shape index (κ2) is 11.8. The van der Waals surface area contributed by atoms with Crippen molar-refractivity contribution in [1.82, 2.24) is 14.4 Å². The van der Waals surface area contributed by atoms with Crippen molar-refractivity contribution in [3.63, 3.8) is 0 Å². The fraction of sp³-hybridized carbons (Fsp3) is 0.414. The number of carbonyl (C=O) groups excluding carboxylic acids is 2. The van der Waals surface area contributed by atoms with E-state index in [0.29, 0.717) is 54.7 Å². The van der Waals surface area contributed by atoms with Crippen LogP contribution in [0.25, 0.3) is 11.2 Å². The van der Waals surface area contributed by atoms with Crippen molar-refractivity contribution >= 4 is 28.5 Å². The van der Waals surface area contributed by atoms with Crippen LogP contribution in [0.1, 0.15) is 84.7 Å². The van der Waals surface area contributed by atoms with Crippen LogP contribution in [0.4, 0.5) is 13.2 Å². The van der Waals surface area contributed by atoms with Crippen molar-refractivity contribution in [2.24, 2.45) is 4.99 Å². The zero-order valence-corrected chi connectivity index (χ0v) is 21.6. The maximum Gasteiger partial charge on any atom is 0.433 e. The Kier molecular flexibility index (Phi) is 8.54. The van der Waals surface area contributed by atoms with Crippen molar-refractivity contribution in [3.8, 4) is 0 Å². The first-order valence-electron chi connectivity index (χ1n) is 13.0. The van der Waals surface area contributed by atoms with Crippen molar-refractivity contribution < 1.29 is 22.8 Å². The van der Waals surface area contributed by atoms with E-state index in [9.17, 15) is 22.8 Å². The normalized spacial score (nSPS) is 13.6. The number of aryl methyl sites for hydroxylation is 1. The number of carbonyl (C=O) groups is 2. The summed E-state index contributed by atoms with van der Waals surface area (Å²) >= 11 is 0. The molecule has 1 aliphatic rings. The molecule has 6 nitrogen and oxygen atoms in total. The third-order valence-corrected chi connectivity index (χ3v) is 6.73. The SMILES string of the molecule is CCCCC(=O)CCCCC(=O)c1ccc(Cc2nccn3c(C4=CCN=C4C(F)(F)F)cnc23)cc1C. The third kappa shape index (κ3) is 6.26. The Balaban J connectivity index is 1.43. The fourth-order valence-corrected chi connectivity index (χ4v) is 4.76. The van der Waals surface area contributed by atoms with E-state index in [1.165, 1.54) is 12.3 Å². The molecule has 0 atom stereocenters. The molecule has 0 aliphatic carbocycles. The van der Waals surface area contributed by atoms with Gasteiger partial charge in [-0.05, 0) is 37.3 Å². The number of fused-ring (bicyclic) bond motifs is 1. The van der Waals surface area contributed by atoms with E-state index in [1.807, 2.05) is 25.1 Å². The van der Waals surface area contributed by atoms with Gasteiger partial charge in [-0.3, -0.25) is 24.0 Å². The molecule has 0 saturated carbocycles. The zero-order chi connectivity index (χ0) is 27.3. The molecule has 0 amide bonds. The number of aliphatic imine (C=N–C) groups is 1. The van der Waals surface area contributed by atoms with Crippen LogP contribution in [0.5, 0.6) is 0 Å². The number of ketones is 2. The second-order valence-corrected chi connectivity index (χ2v) is 9.61. The molecule has 9 heteroatoms. The number of nitrogens with zero attached hydrogens (tertiary/aromatic N) is 4. The molecule has 2 aromatic heterocycles. The summed E-state index contributed by atoms with van der Waals surface area (Å²) in [6, 6.07) is 5.62. The lowest BCUT2D eigenvalue weighted by atomic mass is 9.96. The van der Waals surface area contributed by atoms with Gasteiger partial charge in [0, 0.05) is 49.2 Å². The number of alkyl halides is 3. The lowest BCUT2D eigenvalue weighted by Crippen LogP contribution is -2.23. The van der Waals surface area contributed by atoms with Gasteiger partial charge >= 0.3 is 6.18 Å². The summed E-state index contributed by atoms with van der Waals surface area (Å²) in [7, 11) is 0. The third-order valence-electron chi connectivity index (χ3n) is 6.73. The second-order valence-electron chi connectivity index (χ2n) is 9.61. The smallest absolute Gasteiger partial charge is 0.300 e. The van der Waals surface area contributed by atoms with Crippen molar-refractivity contribution in [3.05, 3.63) is 70.9 Å². The molecule has 1 aliphatic heterocycles. The summed E-state index contributed by atoms with van der Waals surface area (Å²) in [6.45, 7) is 3.93. The van der Waals surface area contributed by atoms with E-state index < -0.39 is 11.9 Å². The van der Waals surface area contributed by atoms with Gasteiger partial charge in [-0.2, -0.15) is 13.2 Å². The molecule has 38 heavy (non-hydrogen) atoms. The van der Waals surface area contributed by atoms with E-state index in [0.717, 1.165) is 30.4 Å². The van der Waals surface area contributed by atoms with Gasteiger partial charge in [0.25, 0.3) is 0 Å². The van der Waals surface area contributed by atoms with E-state index in [2.05, 4.69) is 21.9 Å². The molecule has 3 aromatic rings. The Labute approximate surface area is 219 Å². The minimum Gasteiger partial charge on any atom is -0.300 e. The van der Waals surface area contributed by atoms with Crippen LogP contribution in [-0.2, 0) is 11.2 Å². The Morgan fingerprint density at radius 3 is 2.55 bits per heavy atom. The zero-order valence-electron chi connectivity index (χ0n) is 21.6. The highest BCUT2D eigenvalue weighted by atomic mass is 19.4. The largest absolute Gasteiger partial charge is 0.433 e. The molecular formula is C29H31F3N4O2. The van der Waals surface area contributed by atoms with Crippen LogP contribution >= 0.6 is 0 Å². The number of rotatable bonds is 12. The van der Waals surface area contributed by atoms with Gasteiger partial charge in [0.15, 0.2) is 11.4 Å². The summed E-state index contributed by atoms with van der Waals surface area (Å²) in [5.74, 6) is 0.321. The van der Waals surface area contributed by atoms with Crippen LogP contribution < -0.4 is 0 Å². The van der Waals surface area contributed by atoms with E-state index in [-0.39, 0.29) is 23.7 Å². The highest BCUT2D eigenvalue weighted by Crippen LogP contribution is 2.32. The van der Waals surface area contributed by atoms with Crippen LogP contribution in [0.2, 0.25) is 0 Å². The average molecular weight is 525 g/mol. The molecular weight excluding hydrogens is 493 g/mol. The Bertz CT molecular complexity index is 1400. The highest BCUT2D eigenvalue weighted by Gasteiger charge is 2.40. The number of hydrogen-bond acceptors (Lipinski definition) is 5. The summed E-state index contributed by atoms with van der Waals surface area (Å²) in [5, 5.41) is 0. The van der Waals surface area contributed by atoms with E-state index >= 15 is 0 Å². The topological polar surface area (TPSA) is 76.7 Å². The summed E-state index contributed by atoms with van der Waals surface area (Å²) < 4.78 is 41.8. The average Bonchev–Trinajstić information content (AvgIpc) is 3.53. The minimum absolute atomic E-state index is 0.0171. The quantitative estimate of drug-likeness (QED) is 0.199. The van der Waals surface area contributed by atoms with Gasteiger partial charge in [-0.25, -0.2) is 4.98 Å². The maximum absolute atomic E-state index is 13.4. The first-order valence-corrected chi connectivity index (χ1v) is 13.0. The number of Topliss-reactive ketones (excluding diaryl/α,β-unsaturated/α-hetero) is 2. The predicted octanol–water partition coefficient (Wildman–Crippen LogP) is 6.53. The fourth-order valence-electron chi connectivity index (χ4n) is 4.76. The number of hydrogen-bond donors (Lipinski definition) is 0. The van der Waals surface area contributed by atoms with Gasteiger partial charge in [-0.1, -0.05) is 37.6 Å². The molecule has 0 saturated heterocycles. The van der Waals surface area contributed by atoms with Gasteiger partial charge in [-0.15, -0.1) is 0 Å². The lowest BCUT2D eigenvalue weighted by molar-refractivity contribution is -0.119. The van der Waals surface area contributed by atoms with Gasteiger partial charge < -0.3 is 0 Å². The number of benzene rings is 1. The van der Waals surface area contributed by atoms with Gasteiger partial charge in [0.2, 0.25) is 0 Å². The maximum atomic E-state index is 13.4. The standard InChI is InChI=1S/C29H31F3N4O2/c1-3-4-7-21(37)8-5-6-9-26(38)22-11-10-20(16-19(22)2)17-24-28-35-18-25(36(28)15-14-33-24)23-12-13-34-27(23)29(30,31)32/h10-12,14-16,18H,3-9,13,17H2,1-2H3. The van der Waals surface area contributed by atoms with Crippen LogP contribution in [0.15, 0.2) is 47.9 Å². The van der Waals surface area contributed by atoms with Crippen LogP contribution in [0.3, 0.4) is 0 Å². The van der Waals surface area contributed by atoms with Crippen molar-refractivity contribution in [2.45, 2.75) is 71.4 Å². The highest BCUT2D eigenvalue weighted by molar-refractivity contribution is 6.27. The van der Waals surface area contributed by atoms with Gasteiger partial charge in [0.1, 0.15) is 11.5 Å². The van der Waals surface area contributed by atoms with Crippen LogP contribution in [0, 0.1) is 6.92 Å². The van der Waals surface area contributed by atoms with Gasteiger partial charge in [0.05, 0.1) is 24.1 Å². The monoisotopic (exact) mass is 524 g/mol. The molecule has 0 fully saturated rings. The molecule has 0 bridgehead atoms. The first-order chi connectivity index (χ1) is 18.2. The predicted molar refractivity (Wildman–Crippen MR) is 141 cm³/mol. The molecule has 1 aromatic carbocycles. The number of imidazole rings is 1. The number of unbranched alkanes of at least 4 members (excludes halogenated alkanes) is 2.